The molecule has 0 radical (unpaired) electrons. The first-order valence-electron chi connectivity index (χ1n) is 7.41. The molecule has 3 rings (SSSR count). The molecule has 0 bridgehead atoms. The molecule has 1 aromatic heterocycles. The third-order valence-electron chi connectivity index (χ3n) is 3.60. The number of rotatable bonds is 4. The Morgan fingerprint density at radius 3 is 2.58 bits per heavy atom. The molecule has 6 heteroatoms. The zero-order chi connectivity index (χ0) is 16.9. The quantitative estimate of drug-likeness (QED) is 0.639. The summed E-state index contributed by atoms with van der Waals surface area (Å²) in [5.41, 5.74) is 1.27. The number of carbonyl (C=O) groups excluding carboxylic acids is 2. The van der Waals surface area contributed by atoms with Crippen molar-refractivity contribution in [2.24, 2.45) is 0 Å². The highest BCUT2D eigenvalue weighted by Gasteiger charge is 2.16. The van der Waals surface area contributed by atoms with E-state index in [4.69, 9.17) is 0 Å². The predicted octanol–water partition coefficient (Wildman–Crippen LogP) is 2.69. The van der Waals surface area contributed by atoms with Gasteiger partial charge in [0.15, 0.2) is 0 Å². The number of hydrogen-bond acceptors (Lipinski definition) is 4. The average molecular weight is 340 g/mol. The standard InChI is InChI=1S/C18H16N2O3S/c21-16(14-7-8-24-11-14)10-19-17(22)18(23)20-15-6-5-12-3-1-2-4-13(12)9-15/h1-9,11,16,21H,10H2,(H,19,22)(H,20,23). The highest BCUT2D eigenvalue weighted by molar-refractivity contribution is 7.07. The van der Waals surface area contributed by atoms with E-state index in [2.05, 4.69) is 10.6 Å². The van der Waals surface area contributed by atoms with Crippen LogP contribution < -0.4 is 10.6 Å². The zero-order valence-corrected chi connectivity index (χ0v) is 13.5. The molecule has 0 spiro atoms. The van der Waals surface area contributed by atoms with Gasteiger partial charge >= 0.3 is 11.8 Å². The lowest BCUT2D eigenvalue weighted by molar-refractivity contribution is -0.136. The van der Waals surface area contributed by atoms with Gasteiger partial charge in [-0.05, 0) is 45.3 Å². The average Bonchev–Trinajstić information content (AvgIpc) is 3.14. The maximum absolute atomic E-state index is 11.9. The maximum atomic E-state index is 11.9. The lowest BCUT2D eigenvalue weighted by Gasteiger charge is -2.11. The summed E-state index contributed by atoms with van der Waals surface area (Å²) in [5.74, 6) is -1.54. The summed E-state index contributed by atoms with van der Waals surface area (Å²) in [6.07, 6.45) is -0.825. The van der Waals surface area contributed by atoms with E-state index < -0.39 is 17.9 Å². The number of aliphatic hydroxyl groups excluding tert-OH is 1. The molecule has 1 heterocycles. The Hall–Kier alpha value is -2.70. The highest BCUT2D eigenvalue weighted by atomic mass is 32.1. The Kier molecular flexibility index (Phi) is 4.88. The Balaban J connectivity index is 1.58. The van der Waals surface area contributed by atoms with E-state index in [-0.39, 0.29) is 6.54 Å². The third kappa shape index (κ3) is 3.79. The number of carbonyl (C=O) groups is 2. The van der Waals surface area contributed by atoms with Gasteiger partial charge in [0.1, 0.15) is 0 Å². The molecule has 122 valence electrons. The van der Waals surface area contributed by atoms with Gasteiger partial charge in [-0.25, -0.2) is 0 Å². The van der Waals surface area contributed by atoms with Crippen molar-refractivity contribution in [2.75, 3.05) is 11.9 Å². The number of anilines is 1. The second-order valence-electron chi connectivity index (χ2n) is 5.30. The minimum atomic E-state index is -0.825. The summed E-state index contributed by atoms with van der Waals surface area (Å²) in [5, 5.41) is 20.6. The molecule has 3 aromatic rings. The van der Waals surface area contributed by atoms with Crippen LogP contribution in [-0.4, -0.2) is 23.5 Å². The van der Waals surface area contributed by atoms with Gasteiger partial charge in [0, 0.05) is 12.2 Å². The summed E-state index contributed by atoms with van der Waals surface area (Å²) in [7, 11) is 0. The molecule has 0 aliphatic heterocycles. The molecule has 0 saturated carbocycles. The molecule has 0 aliphatic carbocycles. The van der Waals surface area contributed by atoms with Gasteiger partial charge in [-0.1, -0.05) is 30.3 Å². The SMILES string of the molecule is O=C(NCC(O)c1ccsc1)C(=O)Nc1ccc2ccccc2c1. The minimum absolute atomic E-state index is 0.0132. The first-order chi connectivity index (χ1) is 11.6. The van der Waals surface area contributed by atoms with Crippen LogP contribution in [0.2, 0.25) is 0 Å². The second-order valence-corrected chi connectivity index (χ2v) is 6.08. The van der Waals surface area contributed by atoms with Crippen molar-refractivity contribution in [1.29, 1.82) is 0 Å². The molecule has 0 aliphatic rings. The van der Waals surface area contributed by atoms with Crippen molar-refractivity contribution < 1.29 is 14.7 Å². The van der Waals surface area contributed by atoms with E-state index in [9.17, 15) is 14.7 Å². The van der Waals surface area contributed by atoms with Crippen molar-refractivity contribution in [1.82, 2.24) is 5.32 Å². The molecule has 2 amide bonds. The lowest BCUT2D eigenvalue weighted by atomic mass is 10.1. The van der Waals surface area contributed by atoms with Crippen molar-refractivity contribution in [2.45, 2.75) is 6.10 Å². The zero-order valence-electron chi connectivity index (χ0n) is 12.7. The number of hydrogen-bond donors (Lipinski definition) is 3. The third-order valence-corrected chi connectivity index (χ3v) is 4.30. The van der Waals surface area contributed by atoms with Crippen LogP contribution in [-0.2, 0) is 9.59 Å². The van der Waals surface area contributed by atoms with Crippen LogP contribution in [0.15, 0.2) is 59.3 Å². The summed E-state index contributed by atoms with van der Waals surface area (Å²) >= 11 is 1.46. The Morgan fingerprint density at radius 2 is 1.83 bits per heavy atom. The molecule has 3 N–H and O–H groups in total. The maximum Gasteiger partial charge on any atom is 0.313 e. The first-order valence-corrected chi connectivity index (χ1v) is 8.36. The van der Waals surface area contributed by atoms with Crippen LogP contribution in [0.1, 0.15) is 11.7 Å². The number of aliphatic hydroxyl groups is 1. The summed E-state index contributed by atoms with van der Waals surface area (Å²) < 4.78 is 0. The van der Waals surface area contributed by atoms with Gasteiger partial charge in [-0.3, -0.25) is 9.59 Å². The van der Waals surface area contributed by atoms with Gasteiger partial charge in [0.25, 0.3) is 0 Å². The van der Waals surface area contributed by atoms with Crippen LogP contribution in [0.25, 0.3) is 10.8 Å². The van der Waals surface area contributed by atoms with Gasteiger partial charge in [0.2, 0.25) is 0 Å². The molecule has 1 atom stereocenters. The van der Waals surface area contributed by atoms with Crippen molar-refractivity contribution in [3.63, 3.8) is 0 Å². The topological polar surface area (TPSA) is 78.4 Å². The van der Waals surface area contributed by atoms with Crippen LogP contribution >= 0.6 is 11.3 Å². The van der Waals surface area contributed by atoms with E-state index in [0.29, 0.717) is 5.69 Å². The number of nitrogens with one attached hydrogen (secondary N) is 2. The molecule has 5 nitrogen and oxygen atoms in total. The van der Waals surface area contributed by atoms with E-state index in [1.54, 1.807) is 23.6 Å². The van der Waals surface area contributed by atoms with Gasteiger partial charge < -0.3 is 15.7 Å². The monoisotopic (exact) mass is 340 g/mol. The van der Waals surface area contributed by atoms with Crippen molar-refractivity contribution in [3.05, 3.63) is 64.9 Å². The molecule has 2 aromatic carbocycles. The minimum Gasteiger partial charge on any atom is -0.387 e. The highest BCUT2D eigenvalue weighted by Crippen LogP contribution is 2.19. The fraction of sp³-hybridized carbons (Fsp3) is 0.111. The second kappa shape index (κ2) is 7.25. The Bertz CT molecular complexity index is 862. The molecular weight excluding hydrogens is 324 g/mol. The molecule has 1 unspecified atom stereocenters. The summed E-state index contributed by atoms with van der Waals surface area (Å²) in [6.45, 7) is -0.0132. The molecular formula is C18H16N2O3S. The van der Waals surface area contributed by atoms with Crippen LogP contribution in [0, 0.1) is 0 Å². The normalized spacial score (nSPS) is 11.9. The fourth-order valence-corrected chi connectivity index (χ4v) is 3.01. The van der Waals surface area contributed by atoms with E-state index in [1.165, 1.54) is 11.3 Å². The molecule has 0 saturated heterocycles. The van der Waals surface area contributed by atoms with Crippen LogP contribution in [0.3, 0.4) is 0 Å². The van der Waals surface area contributed by atoms with E-state index >= 15 is 0 Å². The molecule has 0 fully saturated rings. The van der Waals surface area contributed by atoms with Crippen LogP contribution in [0.5, 0.6) is 0 Å². The van der Waals surface area contributed by atoms with E-state index in [0.717, 1.165) is 16.3 Å². The van der Waals surface area contributed by atoms with Crippen LogP contribution in [0.4, 0.5) is 5.69 Å². The van der Waals surface area contributed by atoms with Crippen molar-refractivity contribution in [3.8, 4) is 0 Å². The number of benzene rings is 2. The van der Waals surface area contributed by atoms with E-state index in [1.807, 2.05) is 35.7 Å². The smallest absolute Gasteiger partial charge is 0.313 e. The predicted molar refractivity (Wildman–Crippen MR) is 94.9 cm³/mol. The van der Waals surface area contributed by atoms with Gasteiger partial charge in [0.05, 0.1) is 6.10 Å². The molecule has 24 heavy (non-hydrogen) atoms. The Labute approximate surface area is 142 Å². The number of fused-ring (bicyclic) bond motifs is 1. The Morgan fingerprint density at radius 1 is 1.04 bits per heavy atom. The first kappa shape index (κ1) is 16.2. The van der Waals surface area contributed by atoms with Crippen molar-refractivity contribution >= 4 is 39.6 Å². The largest absolute Gasteiger partial charge is 0.387 e. The van der Waals surface area contributed by atoms with Gasteiger partial charge in [-0.2, -0.15) is 11.3 Å². The number of thiophene rings is 1. The van der Waals surface area contributed by atoms with Gasteiger partial charge in [-0.15, -0.1) is 0 Å². The summed E-state index contributed by atoms with van der Waals surface area (Å²) in [4.78, 5) is 23.8. The lowest BCUT2D eigenvalue weighted by Crippen LogP contribution is -2.37. The number of amides is 2. The fourth-order valence-electron chi connectivity index (χ4n) is 2.31. The summed E-state index contributed by atoms with van der Waals surface area (Å²) in [6, 6.07) is 15.0.